The molecule has 1 fully saturated rings. The molecule has 1 atom stereocenters. The Bertz CT molecular complexity index is 456. The normalized spacial score (nSPS) is 15.2. The summed E-state index contributed by atoms with van der Waals surface area (Å²) < 4.78 is 10.4. The van der Waals surface area contributed by atoms with Crippen LogP contribution in [0.5, 0.6) is 5.75 Å². The van der Waals surface area contributed by atoms with Gasteiger partial charge in [-0.05, 0) is 31.9 Å². The fourth-order valence-electron chi connectivity index (χ4n) is 1.62. The summed E-state index contributed by atoms with van der Waals surface area (Å²) in [7, 11) is 0. The number of amides is 1. The van der Waals surface area contributed by atoms with E-state index in [0.717, 1.165) is 12.8 Å². The molecule has 1 aliphatic carbocycles. The quantitative estimate of drug-likeness (QED) is 0.770. The van der Waals surface area contributed by atoms with E-state index in [1.807, 2.05) is 30.3 Å². The van der Waals surface area contributed by atoms with Crippen LogP contribution in [0.2, 0.25) is 0 Å². The number of hydrogen-bond acceptors (Lipinski definition) is 4. The van der Waals surface area contributed by atoms with Crippen molar-refractivity contribution in [3.63, 3.8) is 0 Å². The van der Waals surface area contributed by atoms with E-state index in [1.165, 1.54) is 0 Å². The first-order chi connectivity index (χ1) is 9.65. The zero-order chi connectivity index (χ0) is 14.4. The lowest BCUT2D eigenvalue weighted by Crippen LogP contribution is -2.37. The minimum absolute atomic E-state index is 0.121. The molecule has 0 aliphatic heterocycles. The third-order valence-corrected chi connectivity index (χ3v) is 2.92. The van der Waals surface area contributed by atoms with Gasteiger partial charge < -0.3 is 14.8 Å². The molecule has 0 unspecified atom stereocenters. The molecule has 1 aromatic rings. The molecule has 1 aromatic carbocycles. The van der Waals surface area contributed by atoms with Gasteiger partial charge in [0.25, 0.3) is 5.91 Å². The predicted octanol–water partition coefficient (Wildman–Crippen LogP) is 1.67. The molecule has 0 radical (unpaired) electrons. The van der Waals surface area contributed by atoms with Gasteiger partial charge in [-0.25, -0.2) is 0 Å². The molecule has 2 rings (SSSR count). The Morgan fingerprint density at radius 3 is 2.65 bits per heavy atom. The third-order valence-electron chi connectivity index (χ3n) is 2.92. The zero-order valence-corrected chi connectivity index (χ0v) is 11.5. The molecule has 0 bridgehead atoms. The summed E-state index contributed by atoms with van der Waals surface area (Å²) in [6, 6.07) is 9.51. The highest BCUT2D eigenvalue weighted by Crippen LogP contribution is 2.18. The van der Waals surface area contributed by atoms with Gasteiger partial charge in [0.1, 0.15) is 5.75 Å². The summed E-state index contributed by atoms with van der Waals surface area (Å²) in [6.45, 7) is 1.81. The fourth-order valence-corrected chi connectivity index (χ4v) is 1.62. The van der Waals surface area contributed by atoms with E-state index < -0.39 is 12.1 Å². The number of para-hydroxylation sites is 1. The number of ether oxygens (including phenoxy) is 2. The van der Waals surface area contributed by atoms with Crippen molar-refractivity contribution in [2.24, 2.45) is 0 Å². The summed E-state index contributed by atoms with van der Waals surface area (Å²) in [4.78, 5) is 23.2. The SMILES string of the molecule is C[C@H](OC(=O)CCOc1ccccc1)C(=O)NC1CC1. The molecular weight excluding hydrogens is 258 g/mol. The summed E-state index contributed by atoms with van der Waals surface area (Å²) in [5.41, 5.74) is 0. The van der Waals surface area contributed by atoms with Gasteiger partial charge >= 0.3 is 5.97 Å². The van der Waals surface area contributed by atoms with Crippen LogP contribution in [0, 0.1) is 0 Å². The molecule has 1 amide bonds. The highest BCUT2D eigenvalue weighted by molar-refractivity contribution is 5.83. The Labute approximate surface area is 118 Å². The average molecular weight is 277 g/mol. The maximum absolute atomic E-state index is 11.6. The van der Waals surface area contributed by atoms with Crippen molar-refractivity contribution in [3.8, 4) is 5.75 Å². The van der Waals surface area contributed by atoms with E-state index in [9.17, 15) is 9.59 Å². The number of esters is 1. The first kappa shape index (κ1) is 14.4. The number of carbonyl (C=O) groups is 2. The summed E-state index contributed by atoms with van der Waals surface area (Å²) >= 11 is 0. The summed E-state index contributed by atoms with van der Waals surface area (Å²) in [6.07, 6.45) is 1.39. The zero-order valence-electron chi connectivity index (χ0n) is 11.5. The van der Waals surface area contributed by atoms with E-state index in [0.29, 0.717) is 5.75 Å². The Balaban J connectivity index is 1.63. The summed E-state index contributed by atoms with van der Waals surface area (Å²) in [5.74, 6) is 0.0454. The molecule has 20 heavy (non-hydrogen) atoms. The van der Waals surface area contributed by atoms with Gasteiger partial charge in [0.15, 0.2) is 6.10 Å². The molecule has 0 spiro atoms. The van der Waals surface area contributed by atoms with Crippen molar-refractivity contribution in [3.05, 3.63) is 30.3 Å². The van der Waals surface area contributed by atoms with Crippen LogP contribution in [-0.2, 0) is 14.3 Å². The van der Waals surface area contributed by atoms with E-state index in [4.69, 9.17) is 9.47 Å². The Morgan fingerprint density at radius 1 is 1.30 bits per heavy atom. The molecule has 0 heterocycles. The Kier molecular flexibility index (Phi) is 4.98. The fraction of sp³-hybridized carbons (Fsp3) is 0.467. The smallest absolute Gasteiger partial charge is 0.310 e. The maximum atomic E-state index is 11.6. The number of carbonyl (C=O) groups excluding carboxylic acids is 2. The second kappa shape index (κ2) is 6.93. The van der Waals surface area contributed by atoms with Gasteiger partial charge in [-0.3, -0.25) is 9.59 Å². The largest absolute Gasteiger partial charge is 0.493 e. The Morgan fingerprint density at radius 2 is 2.00 bits per heavy atom. The minimum atomic E-state index is -0.750. The van der Waals surface area contributed by atoms with Gasteiger partial charge in [0.05, 0.1) is 13.0 Å². The van der Waals surface area contributed by atoms with E-state index >= 15 is 0 Å². The molecule has 5 heteroatoms. The van der Waals surface area contributed by atoms with Crippen LogP contribution in [0.4, 0.5) is 0 Å². The maximum Gasteiger partial charge on any atom is 0.310 e. The third kappa shape index (κ3) is 4.91. The van der Waals surface area contributed by atoms with Crippen LogP contribution >= 0.6 is 0 Å². The molecule has 1 N–H and O–H groups in total. The molecule has 0 saturated heterocycles. The van der Waals surface area contributed by atoms with Gasteiger partial charge in [-0.15, -0.1) is 0 Å². The highest BCUT2D eigenvalue weighted by Gasteiger charge is 2.27. The molecule has 108 valence electrons. The van der Waals surface area contributed by atoms with E-state index in [-0.39, 0.29) is 25.0 Å². The Hall–Kier alpha value is -2.04. The second-order valence-corrected chi connectivity index (χ2v) is 4.83. The number of benzene rings is 1. The lowest BCUT2D eigenvalue weighted by Gasteiger charge is -2.13. The van der Waals surface area contributed by atoms with Gasteiger partial charge in [0, 0.05) is 6.04 Å². The minimum Gasteiger partial charge on any atom is -0.493 e. The summed E-state index contributed by atoms with van der Waals surface area (Å²) in [5, 5.41) is 2.79. The van der Waals surface area contributed by atoms with Gasteiger partial charge in [0.2, 0.25) is 0 Å². The van der Waals surface area contributed by atoms with E-state index in [1.54, 1.807) is 6.92 Å². The molecule has 5 nitrogen and oxygen atoms in total. The second-order valence-electron chi connectivity index (χ2n) is 4.83. The monoisotopic (exact) mass is 277 g/mol. The van der Waals surface area contributed by atoms with Crippen LogP contribution in [0.3, 0.4) is 0 Å². The topological polar surface area (TPSA) is 64.6 Å². The van der Waals surface area contributed by atoms with Crippen molar-refractivity contribution in [2.75, 3.05) is 6.61 Å². The van der Waals surface area contributed by atoms with Crippen molar-refractivity contribution in [2.45, 2.75) is 38.3 Å². The molecule has 0 aromatic heterocycles. The van der Waals surface area contributed by atoms with Crippen LogP contribution < -0.4 is 10.1 Å². The standard InChI is InChI=1S/C15H19NO4/c1-11(15(18)16-12-7-8-12)20-14(17)9-10-19-13-5-3-2-4-6-13/h2-6,11-12H,7-10H2,1H3,(H,16,18)/t11-/m0/s1. The highest BCUT2D eigenvalue weighted by atomic mass is 16.5. The molecule has 1 saturated carbocycles. The van der Waals surface area contributed by atoms with Crippen LogP contribution in [0.15, 0.2) is 30.3 Å². The number of hydrogen-bond donors (Lipinski definition) is 1. The van der Waals surface area contributed by atoms with E-state index in [2.05, 4.69) is 5.32 Å². The first-order valence-electron chi connectivity index (χ1n) is 6.83. The molecule has 1 aliphatic rings. The van der Waals surface area contributed by atoms with Crippen LogP contribution in [0.1, 0.15) is 26.2 Å². The van der Waals surface area contributed by atoms with Crippen LogP contribution in [-0.4, -0.2) is 30.6 Å². The average Bonchev–Trinajstić information content (AvgIpc) is 3.23. The van der Waals surface area contributed by atoms with Crippen molar-refractivity contribution in [1.82, 2.24) is 5.32 Å². The van der Waals surface area contributed by atoms with Crippen LogP contribution in [0.25, 0.3) is 0 Å². The van der Waals surface area contributed by atoms with Gasteiger partial charge in [-0.2, -0.15) is 0 Å². The lowest BCUT2D eigenvalue weighted by atomic mass is 10.3. The lowest BCUT2D eigenvalue weighted by molar-refractivity contribution is -0.155. The van der Waals surface area contributed by atoms with Crippen molar-refractivity contribution >= 4 is 11.9 Å². The predicted molar refractivity (Wildman–Crippen MR) is 73.3 cm³/mol. The van der Waals surface area contributed by atoms with Crippen molar-refractivity contribution < 1.29 is 19.1 Å². The van der Waals surface area contributed by atoms with Crippen molar-refractivity contribution in [1.29, 1.82) is 0 Å². The number of nitrogens with one attached hydrogen (secondary N) is 1. The molecular formula is C15H19NO4. The number of rotatable bonds is 7. The van der Waals surface area contributed by atoms with Gasteiger partial charge in [-0.1, -0.05) is 18.2 Å². The first-order valence-corrected chi connectivity index (χ1v) is 6.83.